The molecule has 0 spiro atoms. The molecule has 4 N–H and O–H groups in total. The second-order valence-electron chi connectivity index (χ2n) is 7.09. The minimum atomic E-state index is -0.342. The Morgan fingerprint density at radius 2 is 1.39 bits per heavy atom. The van der Waals surface area contributed by atoms with Gasteiger partial charge in [-0.3, -0.25) is 9.59 Å². The van der Waals surface area contributed by atoms with E-state index in [9.17, 15) is 14.4 Å². The van der Waals surface area contributed by atoms with E-state index in [2.05, 4.69) is 21.3 Å². The summed E-state index contributed by atoms with van der Waals surface area (Å²) in [5, 5.41) is 11.1. The van der Waals surface area contributed by atoms with Crippen LogP contribution in [0.3, 0.4) is 0 Å². The van der Waals surface area contributed by atoms with E-state index in [0.29, 0.717) is 29.2 Å². The molecule has 3 rings (SSSR count). The Balaban J connectivity index is 1.54. The van der Waals surface area contributed by atoms with Crippen molar-refractivity contribution in [1.82, 2.24) is 5.32 Å². The monoisotopic (exact) mass is 416 g/mol. The molecule has 158 valence electrons. The number of carbonyl (C=O) groups excluding carboxylic acids is 3. The van der Waals surface area contributed by atoms with Crippen LogP contribution in [-0.4, -0.2) is 17.8 Å². The van der Waals surface area contributed by atoms with Crippen LogP contribution in [0.5, 0.6) is 0 Å². The molecular formula is C24H24N4O3. The van der Waals surface area contributed by atoms with E-state index in [-0.39, 0.29) is 17.8 Å². The number of anilines is 3. The molecule has 31 heavy (non-hydrogen) atoms. The minimum Gasteiger partial charge on any atom is -0.348 e. The summed E-state index contributed by atoms with van der Waals surface area (Å²) in [6.07, 6.45) is 0. The maximum atomic E-state index is 12.4. The fraction of sp³-hybridized carbons (Fsp3) is 0.125. The van der Waals surface area contributed by atoms with Crippen molar-refractivity contribution in [2.45, 2.75) is 20.4 Å². The molecule has 0 aliphatic heterocycles. The number of aryl methyl sites for hydroxylation is 1. The topological polar surface area (TPSA) is 99.3 Å². The molecule has 7 heteroatoms. The van der Waals surface area contributed by atoms with Crippen molar-refractivity contribution in [3.8, 4) is 0 Å². The lowest BCUT2D eigenvalue weighted by Crippen LogP contribution is -2.23. The molecule has 0 aromatic heterocycles. The van der Waals surface area contributed by atoms with Gasteiger partial charge in [-0.25, -0.2) is 4.79 Å². The summed E-state index contributed by atoms with van der Waals surface area (Å²) in [6.45, 7) is 3.69. The SMILES string of the molecule is CC(=O)Nc1ccc(C(=O)NCc2cccc(NC(=O)Nc3cccc(C)c3)c2)cc1. The first kappa shape index (κ1) is 21.6. The van der Waals surface area contributed by atoms with E-state index in [0.717, 1.165) is 11.1 Å². The zero-order chi connectivity index (χ0) is 22.2. The summed E-state index contributed by atoms with van der Waals surface area (Å²) in [5.74, 6) is -0.400. The average Bonchev–Trinajstić information content (AvgIpc) is 2.72. The lowest BCUT2D eigenvalue weighted by molar-refractivity contribution is -0.114. The van der Waals surface area contributed by atoms with Gasteiger partial charge < -0.3 is 21.3 Å². The number of amides is 4. The van der Waals surface area contributed by atoms with Crippen molar-refractivity contribution >= 4 is 34.9 Å². The van der Waals surface area contributed by atoms with Crippen molar-refractivity contribution in [1.29, 1.82) is 0 Å². The van der Waals surface area contributed by atoms with Gasteiger partial charge in [0.15, 0.2) is 0 Å². The highest BCUT2D eigenvalue weighted by atomic mass is 16.2. The third-order valence-corrected chi connectivity index (χ3v) is 4.38. The molecule has 0 aliphatic carbocycles. The summed E-state index contributed by atoms with van der Waals surface area (Å²) in [5.41, 5.74) is 4.35. The summed E-state index contributed by atoms with van der Waals surface area (Å²) in [4.78, 5) is 35.7. The summed E-state index contributed by atoms with van der Waals surface area (Å²) in [6, 6.07) is 21.1. The molecule has 0 heterocycles. The van der Waals surface area contributed by atoms with Gasteiger partial charge >= 0.3 is 6.03 Å². The molecule has 3 aromatic rings. The van der Waals surface area contributed by atoms with Crippen LogP contribution in [0.4, 0.5) is 21.9 Å². The Hall–Kier alpha value is -4.13. The second kappa shape index (κ2) is 10.1. The molecule has 0 saturated carbocycles. The molecule has 7 nitrogen and oxygen atoms in total. The lowest BCUT2D eigenvalue weighted by Gasteiger charge is -2.10. The van der Waals surface area contributed by atoms with Gasteiger partial charge in [0.2, 0.25) is 5.91 Å². The summed E-state index contributed by atoms with van der Waals surface area (Å²) in [7, 11) is 0. The molecule has 4 amide bonds. The van der Waals surface area contributed by atoms with Gasteiger partial charge in [0.05, 0.1) is 0 Å². The largest absolute Gasteiger partial charge is 0.348 e. The molecule has 0 aliphatic rings. The first-order chi connectivity index (χ1) is 14.9. The van der Waals surface area contributed by atoms with Gasteiger partial charge in [-0.05, 0) is 66.6 Å². The third-order valence-electron chi connectivity index (χ3n) is 4.38. The number of hydrogen-bond donors (Lipinski definition) is 4. The number of urea groups is 1. The van der Waals surface area contributed by atoms with Crippen LogP contribution in [0.15, 0.2) is 72.8 Å². The molecule has 0 radical (unpaired) electrons. The van der Waals surface area contributed by atoms with Crippen LogP contribution >= 0.6 is 0 Å². The van der Waals surface area contributed by atoms with E-state index in [1.807, 2.05) is 43.3 Å². The van der Waals surface area contributed by atoms with Gasteiger partial charge in [-0.1, -0.05) is 24.3 Å². The number of carbonyl (C=O) groups is 3. The molecular weight excluding hydrogens is 392 g/mol. The number of hydrogen-bond acceptors (Lipinski definition) is 3. The molecule has 0 bridgehead atoms. The predicted octanol–water partition coefficient (Wildman–Crippen LogP) is 4.53. The molecule has 0 atom stereocenters. The van der Waals surface area contributed by atoms with Gasteiger partial charge in [-0.2, -0.15) is 0 Å². The first-order valence-electron chi connectivity index (χ1n) is 9.78. The highest BCUT2D eigenvalue weighted by Gasteiger charge is 2.07. The fourth-order valence-corrected chi connectivity index (χ4v) is 2.97. The second-order valence-corrected chi connectivity index (χ2v) is 7.09. The van der Waals surface area contributed by atoms with E-state index in [4.69, 9.17) is 0 Å². The maximum absolute atomic E-state index is 12.4. The van der Waals surface area contributed by atoms with Crippen LogP contribution in [0.2, 0.25) is 0 Å². The molecule has 0 fully saturated rings. The van der Waals surface area contributed by atoms with Crippen LogP contribution in [0, 0.1) is 6.92 Å². The average molecular weight is 416 g/mol. The Morgan fingerprint density at radius 3 is 2.03 bits per heavy atom. The maximum Gasteiger partial charge on any atom is 0.323 e. The lowest BCUT2D eigenvalue weighted by atomic mass is 10.1. The van der Waals surface area contributed by atoms with Gasteiger partial charge in [0, 0.05) is 36.1 Å². The number of nitrogens with one attached hydrogen (secondary N) is 4. The first-order valence-corrected chi connectivity index (χ1v) is 9.78. The van der Waals surface area contributed by atoms with Crippen molar-refractivity contribution in [3.63, 3.8) is 0 Å². The predicted molar refractivity (Wildman–Crippen MR) is 122 cm³/mol. The third kappa shape index (κ3) is 6.71. The van der Waals surface area contributed by atoms with Crippen molar-refractivity contribution < 1.29 is 14.4 Å². The van der Waals surface area contributed by atoms with Crippen molar-refractivity contribution in [2.24, 2.45) is 0 Å². The zero-order valence-corrected chi connectivity index (χ0v) is 17.4. The van der Waals surface area contributed by atoms with Crippen LogP contribution in [0.25, 0.3) is 0 Å². The van der Waals surface area contributed by atoms with E-state index in [1.165, 1.54) is 6.92 Å². The Morgan fingerprint density at radius 1 is 0.742 bits per heavy atom. The standard InChI is InChI=1S/C24H24N4O3/c1-16-5-3-7-21(13-16)27-24(31)28-22-8-4-6-18(14-22)15-25-23(30)19-9-11-20(12-10-19)26-17(2)29/h3-14H,15H2,1-2H3,(H,25,30)(H,26,29)(H2,27,28,31). The van der Waals surface area contributed by atoms with E-state index >= 15 is 0 Å². The Kier molecular flexibility index (Phi) is 7.01. The van der Waals surface area contributed by atoms with Gasteiger partial charge in [0.1, 0.15) is 0 Å². The highest BCUT2D eigenvalue weighted by molar-refractivity contribution is 6.00. The summed E-state index contributed by atoms with van der Waals surface area (Å²) < 4.78 is 0. The Labute approximate surface area is 180 Å². The van der Waals surface area contributed by atoms with Crippen LogP contribution in [0.1, 0.15) is 28.4 Å². The van der Waals surface area contributed by atoms with E-state index in [1.54, 1.807) is 36.4 Å². The van der Waals surface area contributed by atoms with Gasteiger partial charge in [-0.15, -0.1) is 0 Å². The molecule has 3 aromatic carbocycles. The number of benzene rings is 3. The number of rotatable bonds is 6. The minimum absolute atomic E-state index is 0.168. The van der Waals surface area contributed by atoms with E-state index < -0.39 is 0 Å². The smallest absolute Gasteiger partial charge is 0.323 e. The highest BCUT2D eigenvalue weighted by Crippen LogP contribution is 2.14. The van der Waals surface area contributed by atoms with Crippen LogP contribution in [-0.2, 0) is 11.3 Å². The van der Waals surface area contributed by atoms with Crippen molar-refractivity contribution in [2.75, 3.05) is 16.0 Å². The zero-order valence-electron chi connectivity index (χ0n) is 17.4. The molecule has 0 saturated heterocycles. The van der Waals surface area contributed by atoms with Crippen LogP contribution < -0.4 is 21.3 Å². The van der Waals surface area contributed by atoms with Crippen molar-refractivity contribution in [3.05, 3.63) is 89.5 Å². The quantitative estimate of drug-likeness (QED) is 0.475. The normalized spacial score (nSPS) is 10.1. The Bertz CT molecular complexity index is 1090. The summed E-state index contributed by atoms with van der Waals surface area (Å²) >= 11 is 0. The van der Waals surface area contributed by atoms with Gasteiger partial charge in [0.25, 0.3) is 5.91 Å². The fourth-order valence-electron chi connectivity index (χ4n) is 2.97. The molecule has 0 unspecified atom stereocenters.